The highest BCUT2D eigenvalue weighted by molar-refractivity contribution is 6.04. The van der Waals surface area contributed by atoms with E-state index in [4.69, 9.17) is 0 Å². The summed E-state index contributed by atoms with van der Waals surface area (Å²) in [7, 11) is 0. The molecule has 0 unspecified atom stereocenters. The first kappa shape index (κ1) is 19.2. The first-order chi connectivity index (χ1) is 14.4. The molecule has 30 heavy (non-hydrogen) atoms. The molecule has 1 N–H and O–H groups in total. The van der Waals surface area contributed by atoms with E-state index < -0.39 is 10.8 Å². The fourth-order valence-corrected chi connectivity index (χ4v) is 3.31. The number of nitrogens with one attached hydrogen (secondary N) is 1. The number of amides is 1. The van der Waals surface area contributed by atoms with Gasteiger partial charge in [0.2, 0.25) is 0 Å². The van der Waals surface area contributed by atoms with Crippen molar-refractivity contribution >= 4 is 22.9 Å². The highest BCUT2D eigenvalue weighted by atomic mass is 16.6. The van der Waals surface area contributed by atoms with Gasteiger partial charge in [0.25, 0.3) is 11.6 Å². The Hall–Kier alpha value is -4.08. The average molecular weight is 405 g/mol. The summed E-state index contributed by atoms with van der Waals surface area (Å²) in [4.78, 5) is 27.5. The number of rotatable bonds is 5. The van der Waals surface area contributed by atoms with E-state index in [1.54, 1.807) is 29.9 Å². The van der Waals surface area contributed by atoms with E-state index in [1.807, 2.05) is 24.6 Å². The fourth-order valence-electron chi connectivity index (χ4n) is 3.31. The van der Waals surface area contributed by atoms with Gasteiger partial charge in [-0.05, 0) is 38.5 Å². The molecule has 0 aliphatic rings. The van der Waals surface area contributed by atoms with Crippen LogP contribution in [-0.4, -0.2) is 35.2 Å². The van der Waals surface area contributed by atoms with Crippen molar-refractivity contribution in [3.05, 3.63) is 69.8 Å². The predicted octanol–water partition coefficient (Wildman–Crippen LogP) is 3.39. The monoisotopic (exact) mass is 405 g/mol. The Labute approximate surface area is 171 Å². The summed E-state index contributed by atoms with van der Waals surface area (Å²) in [5.41, 5.74) is 4.44. The van der Waals surface area contributed by atoms with E-state index in [0.717, 1.165) is 23.5 Å². The van der Waals surface area contributed by atoms with Gasteiger partial charge < -0.3 is 5.32 Å². The summed E-state index contributed by atoms with van der Waals surface area (Å²) in [6.07, 6.45) is 3.44. The van der Waals surface area contributed by atoms with Gasteiger partial charge in [0.1, 0.15) is 0 Å². The molecule has 10 nitrogen and oxygen atoms in total. The standard InChI is InChI=1S/C20H19N7O3/c1-4-25-13(3)15(11-22-25)18-7-8-21-19-10-17(24-26(18)19)20(28)23-16-6-5-14(27(29)30)9-12(16)2/h5-11H,4H2,1-3H3,(H,23,28). The number of aromatic nitrogens is 5. The van der Waals surface area contributed by atoms with Crippen LogP contribution in [0.5, 0.6) is 0 Å². The molecule has 0 aliphatic heterocycles. The van der Waals surface area contributed by atoms with E-state index in [1.165, 1.54) is 18.2 Å². The molecular formula is C20H19N7O3. The quantitative estimate of drug-likeness (QED) is 0.401. The maximum atomic E-state index is 12.8. The maximum Gasteiger partial charge on any atom is 0.276 e. The third kappa shape index (κ3) is 3.28. The summed E-state index contributed by atoms with van der Waals surface area (Å²) in [6.45, 7) is 6.44. The van der Waals surface area contributed by atoms with Crippen LogP contribution in [0.4, 0.5) is 11.4 Å². The molecule has 0 spiro atoms. The summed E-state index contributed by atoms with van der Waals surface area (Å²) in [6, 6.07) is 7.69. The minimum Gasteiger partial charge on any atom is -0.320 e. The van der Waals surface area contributed by atoms with Gasteiger partial charge in [-0.25, -0.2) is 9.50 Å². The second kappa shape index (κ2) is 7.39. The molecular weight excluding hydrogens is 386 g/mol. The van der Waals surface area contributed by atoms with E-state index in [9.17, 15) is 14.9 Å². The van der Waals surface area contributed by atoms with Crippen LogP contribution in [0.25, 0.3) is 16.9 Å². The molecule has 1 amide bonds. The summed E-state index contributed by atoms with van der Waals surface area (Å²) in [5.74, 6) is -0.427. The van der Waals surface area contributed by atoms with Crippen molar-refractivity contribution in [3.8, 4) is 11.3 Å². The molecule has 0 atom stereocenters. The zero-order chi connectivity index (χ0) is 21.4. The lowest BCUT2D eigenvalue weighted by molar-refractivity contribution is -0.384. The molecule has 4 rings (SSSR count). The molecule has 0 saturated heterocycles. The zero-order valence-corrected chi connectivity index (χ0v) is 16.7. The molecule has 152 valence electrons. The van der Waals surface area contributed by atoms with Gasteiger partial charge in [0.15, 0.2) is 11.3 Å². The number of carbonyl (C=O) groups is 1. The van der Waals surface area contributed by atoms with Gasteiger partial charge in [-0.3, -0.25) is 19.6 Å². The van der Waals surface area contributed by atoms with Crippen molar-refractivity contribution < 1.29 is 9.72 Å². The van der Waals surface area contributed by atoms with Crippen LogP contribution in [0.3, 0.4) is 0 Å². The van der Waals surface area contributed by atoms with Crippen molar-refractivity contribution in [1.29, 1.82) is 0 Å². The Bertz CT molecular complexity index is 1290. The van der Waals surface area contributed by atoms with Crippen LogP contribution >= 0.6 is 0 Å². The smallest absolute Gasteiger partial charge is 0.276 e. The van der Waals surface area contributed by atoms with Crippen molar-refractivity contribution in [3.63, 3.8) is 0 Å². The SMILES string of the molecule is CCn1ncc(-c2ccnc3cc(C(=O)Nc4ccc([N+](=O)[O-])cc4C)nn23)c1C. The van der Waals surface area contributed by atoms with Crippen molar-refractivity contribution in [2.45, 2.75) is 27.3 Å². The number of nitrogens with zero attached hydrogens (tertiary/aromatic N) is 6. The number of hydrogen-bond acceptors (Lipinski definition) is 6. The third-order valence-electron chi connectivity index (χ3n) is 4.94. The second-order valence-electron chi connectivity index (χ2n) is 6.80. The number of nitro groups is 1. The molecule has 0 fully saturated rings. The molecule has 1 aromatic carbocycles. The fraction of sp³-hybridized carbons (Fsp3) is 0.200. The van der Waals surface area contributed by atoms with E-state index in [2.05, 4.69) is 20.5 Å². The number of anilines is 1. The Morgan fingerprint density at radius 3 is 2.70 bits per heavy atom. The second-order valence-corrected chi connectivity index (χ2v) is 6.80. The van der Waals surface area contributed by atoms with Gasteiger partial charge in [-0.15, -0.1) is 0 Å². The molecule has 0 bridgehead atoms. The number of aryl methyl sites for hydroxylation is 2. The van der Waals surface area contributed by atoms with Gasteiger partial charge in [0.05, 0.1) is 16.8 Å². The highest BCUT2D eigenvalue weighted by Gasteiger charge is 2.18. The van der Waals surface area contributed by atoms with Crippen LogP contribution in [0.15, 0.2) is 42.7 Å². The first-order valence-electron chi connectivity index (χ1n) is 9.33. The lowest BCUT2D eigenvalue weighted by Gasteiger charge is -2.06. The number of non-ortho nitro benzene ring substituents is 1. The minimum atomic E-state index is -0.476. The zero-order valence-electron chi connectivity index (χ0n) is 16.7. The van der Waals surface area contributed by atoms with Crippen molar-refractivity contribution in [2.24, 2.45) is 0 Å². The maximum absolute atomic E-state index is 12.8. The minimum absolute atomic E-state index is 0.0323. The van der Waals surface area contributed by atoms with Crippen LogP contribution in [0.2, 0.25) is 0 Å². The Morgan fingerprint density at radius 1 is 1.23 bits per heavy atom. The van der Waals surface area contributed by atoms with E-state index in [-0.39, 0.29) is 11.4 Å². The van der Waals surface area contributed by atoms with Crippen molar-refractivity contribution in [2.75, 3.05) is 5.32 Å². The first-order valence-corrected chi connectivity index (χ1v) is 9.33. The summed E-state index contributed by atoms with van der Waals surface area (Å²) < 4.78 is 3.50. The lowest BCUT2D eigenvalue weighted by atomic mass is 10.1. The number of hydrogen-bond donors (Lipinski definition) is 1. The molecule has 3 aromatic heterocycles. The lowest BCUT2D eigenvalue weighted by Crippen LogP contribution is -2.13. The average Bonchev–Trinajstić information content (AvgIpc) is 3.32. The molecule has 0 saturated carbocycles. The van der Waals surface area contributed by atoms with Crippen LogP contribution < -0.4 is 5.32 Å². The molecule has 3 heterocycles. The Kier molecular flexibility index (Phi) is 4.74. The van der Waals surface area contributed by atoms with Crippen LogP contribution in [0.1, 0.15) is 28.7 Å². The van der Waals surface area contributed by atoms with Gasteiger partial charge in [0, 0.05) is 47.9 Å². The van der Waals surface area contributed by atoms with Crippen LogP contribution in [0, 0.1) is 24.0 Å². The van der Waals surface area contributed by atoms with E-state index >= 15 is 0 Å². The predicted molar refractivity (Wildman–Crippen MR) is 110 cm³/mol. The highest BCUT2D eigenvalue weighted by Crippen LogP contribution is 2.25. The normalized spacial score (nSPS) is 11.0. The van der Waals surface area contributed by atoms with Gasteiger partial charge >= 0.3 is 0 Å². The van der Waals surface area contributed by atoms with Crippen molar-refractivity contribution in [1.82, 2.24) is 24.4 Å². The third-order valence-corrected chi connectivity index (χ3v) is 4.94. The largest absolute Gasteiger partial charge is 0.320 e. The van der Waals surface area contributed by atoms with Gasteiger partial charge in [-0.2, -0.15) is 10.2 Å². The van der Waals surface area contributed by atoms with Gasteiger partial charge in [-0.1, -0.05) is 0 Å². The summed E-state index contributed by atoms with van der Waals surface area (Å²) in [5, 5.41) is 22.5. The number of fused-ring (bicyclic) bond motifs is 1. The van der Waals surface area contributed by atoms with Crippen LogP contribution in [-0.2, 0) is 6.54 Å². The Morgan fingerprint density at radius 2 is 2.03 bits per heavy atom. The Balaban J connectivity index is 1.68. The molecule has 4 aromatic rings. The summed E-state index contributed by atoms with van der Waals surface area (Å²) >= 11 is 0. The number of benzene rings is 1. The molecule has 0 radical (unpaired) electrons. The van der Waals surface area contributed by atoms with E-state index in [0.29, 0.717) is 16.9 Å². The number of carbonyl (C=O) groups excluding carboxylic acids is 1. The molecule has 10 heteroatoms. The molecule has 0 aliphatic carbocycles. The topological polar surface area (TPSA) is 120 Å². The number of nitro benzene ring substituents is 1.